The maximum atomic E-state index is 12.6. The van der Waals surface area contributed by atoms with E-state index in [4.69, 9.17) is 9.47 Å². The van der Waals surface area contributed by atoms with E-state index < -0.39 is 12.1 Å². The van der Waals surface area contributed by atoms with E-state index in [0.717, 1.165) is 24.2 Å². The van der Waals surface area contributed by atoms with Crippen molar-refractivity contribution >= 4 is 17.5 Å². The molecule has 0 spiro atoms. The molecular weight excluding hydrogens is 432 g/mol. The van der Waals surface area contributed by atoms with E-state index in [1.54, 1.807) is 31.4 Å². The molecule has 7 nitrogen and oxygen atoms in total. The number of ether oxygens (including phenoxy) is 2. The molecule has 2 aromatic carbocycles. The standard InChI is InChI=1S/C27H34N2O5/c1-33-23-13-7-19(8-14-23)15-25(30)28-22-11-9-21(10-12-22)27(32)24-17-34-18-26(31)29(24)16-20-5-3-2-4-6-20/h7-14,20,24,27,32H,2-6,15-18H2,1H3,(H,28,30)/t24-,27-/m1/s1. The van der Waals surface area contributed by atoms with Crippen LogP contribution in [0.15, 0.2) is 48.5 Å². The maximum absolute atomic E-state index is 12.6. The van der Waals surface area contributed by atoms with Crippen molar-refractivity contribution in [1.82, 2.24) is 4.90 Å². The normalized spacial score (nSPS) is 20.1. The van der Waals surface area contributed by atoms with Gasteiger partial charge in [0.05, 0.1) is 26.2 Å². The average Bonchev–Trinajstić information content (AvgIpc) is 2.86. The van der Waals surface area contributed by atoms with Crippen molar-refractivity contribution in [3.05, 3.63) is 59.7 Å². The van der Waals surface area contributed by atoms with Crippen LogP contribution in [0, 0.1) is 5.92 Å². The lowest BCUT2D eigenvalue weighted by atomic mass is 9.88. The van der Waals surface area contributed by atoms with Gasteiger partial charge in [-0.1, -0.05) is 43.5 Å². The van der Waals surface area contributed by atoms with Crippen molar-refractivity contribution in [1.29, 1.82) is 0 Å². The van der Waals surface area contributed by atoms with Crippen LogP contribution in [0.3, 0.4) is 0 Å². The minimum atomic E-state index is -0.850. The number of hydrogen-bond acceptors (Lipinski definition) is 5. The molecule has 1 saturated carbocycles. The van der Waals surface area contributed by atoms with Gasteiger partial charge in [-0.05, 0) is 54.2 Å². The number of aliphatic hydroxyl groups excluding tert-OH is 1. The van der Waals surface area contributed by atoms with Crippen LogP contribution >= 0.6 is 0 Å². The van der Waals surface area contributed by atoms with Gasteiger partial charge in [0.25, 0.3) is 0 Å². The summed E-state index contributed by atoms with van der Waals surface area (Å²) in [6.45, 7) is 1.08. The molecule has 0 bridgehead atoms. The molecular formula is C27H34N2O5. The van der Waals surface area contributed by atoms with Crippen LogP contribution in [0.5, 0.6) is 5.75 Å². The van der Waals surface area contributed by atoms with Crippen LogP contribution in [0.4, 0.5) is 5.69 Å². The quantitative estimate of drug-likeness (QED) is 0.619. The minimum Gasteiger partial charge on any atom is -0.497 e. The van der Waals surface area contributed by atoms with Crippen LogP contribution in [0.2, 0.25) is 0 Å². The van der Waals surface area contributed by atoms with Gasteiger partial charge in [-0.2, -0.15) is 0 Å². The number of aliphatic hydroxyl groups is 1. The Kier molecular flexibility index (Phi) is 8.19. The molecule has 1 heterocycles. The second kappa shape index (κ2) is 11.5. The Morgan fingerprint density at radius 1 is 1.12 bits per heavy atom. The van der Waals surface area contributed by atoms with Gasteiger partial charge in [-0.15, -0.1) is 0 Å². The average molecular weight is 467 g/mol. The summed E-state index contributed by atoms with van der Waals surface area (Å²) >= 11 is 0. The van der Waals surface area contributed by atoms with Gasteiger partial charge >= 0.3 is 0 Å². The van der Waals surface area contributed by atoms with E-state index in [-0.39, 0.29) is 24.8 Å². The highest BCUT2D eigenvalue weighted by Crippen LogP contribution is 2.30. The second-order valence-electron chi connectivity index (χ2n) is 9.27. The summed E-state index contributed by atoms with van der Waals surface area (Å²) in [5.74, 6) is 1.07. The third-order valence-corrected chi connectivity index (χ3v) is 6.84. The van der Waals surface area contributed by atoms with Crippen LogP contribution < -0.4 is 10.1 Å². The highest BCUT2D eigenvalue weighted by Gasteiger charge is 2.36. The molecule has 2 N–H and O–H groups in total. The molecule has 34 heavy (non-hydrogen) atoms. The Morgan fingerprint density at radius 2 is 1.82 bits per heavy atom. The summed E-state index contributed by atoms with van der Waals surface area (Å²) in [7, 11) is 1.61. The maximum Gasteiger partial charge on any atom is 0.249 e. The van der Waals surface area contributed by atoms with Crippen molar-refractivity contribution in [2.45, 2.75) is 50.7 Å². The van der Waals surface area contributed by atoms with Crippen molar-refractivity contribution in [3.63, 3.8) is 0 Å². The second-order valence-corrected chi connectivity index (χ2v) is 9.27. The third-order valence-electron chi connectivity index (χ3n) is 6.84. The molecule has 0 unspecified atom stereocenters. The molecule has 1 aliphatic carbocycles. The van der Waals surface area contributed by atoms with Crippen LogP contribution in [-0.2, 0) is 20.7 Å². The number of anilines is 1. The molecule has 2 aliphatic rings. The Hall–Kier alpha value is -2.90. The van der Waals surface area contributed by atoms with Crippen molar-refractivity contribution in [2.75, 3.05) is 32.2 Å². The highest BCUT2D eigenvalue weighted by atomic mass is 16.5. The summed E-state index contributed by atoms with van der Waals surface area (Å²) in [5, 5.41) is 14.0. The zero-order chi connectivity index (χ0) is 23.9. The highest BCUT2D eigenvalue weighted by molar-refractivity contribution is 5.92. The van der Waals surface area contributed by atoms with Gasteiger partial charge in [0.15, 0.2) is 0 Å². The van der Waals surface area contributed by atoms with Crippen LogP contribution in [0.1, 0.15) is 49.3 Å². The lowest BCUT2D eigenvalue weighted by molar-refractivity contribution is -0.155. The Labute approximate surface area is 201 Å². The summed E-state index contributed by atoms with van der Waals surface area (Å²) in [6.07, 6.45) is 5.37. The number of nitrogens with zero attached hydrogens (tertiary/aromatic N) is 1. The summed E-state index contributed by atoms with van der Waals surface area (Å²) in [4.78, 5) is 26.9. The van der Waals surface area contributed by atoms with E-state index in [0.29, 0.717) is 30.3 Å². The van der Waals surface area contributed by atoms with Gasteiger partial charge in [0.1, 0.15) is 18.5 Å². The molecule has 1 aliphatic heterocycles. The fourth-order valence-electron chi connectivity index (χ4n) is 4.89. The van der Waals surface area contributed by atoms with Crippen molar-refractivity contribution in [2.24, 2.45) is 5.92 Å². The molecule has 4 rings (SSSR count). The first-order valence-corrected chi connectivity index (χ1v) is 12.1. The zero-order valence-corrected chi connectivity index (χ0v) is 19.7. The molecule has 2 fully saturated rings. The smallest absolute Gasteiger partial charge is 0.249 e. The summed E-state index contributed by atoms with van der Waals surface area (Å²) in [5.41, 5.74) is 2.25. The number of morpholine rings is 1. The van der Waals surface area contributed by atoms with Gasteiger partial charge in [0, 0.05) is 12.2 Å². The number of amides is 2. The number of carbonyl (C=O) groups excluding carboxylic acids is 2. The molecule has 1 saturated heterocycles. The molecule has 2 atom stereocenters. The zero-order valence-electron chi connectivity index (χ0n) is 19.7. The van der Waals surface area contributed by atoms with E-state index in [9.17, 15) is 14.7 Å². The SMILES string of the molecule is COc1ccc(CC(=O)Nc2ccc([C@@H](O)[C@H]3COCC(=O)N3CC3CCCCC3)cc2)cc1. The lowest BCUT2D eigenvalue weighted by Gasteiger charge is -2.40. The van der Waals surface area contributed by atoms with Crippen molar-refractivity contribution in [3.8, 4) is 5.75 Å². The first-order valence-electron chi connectivity index (χ1n) is 12.1. The predicted octanol–water partition coefficient (Wildman–Crippen LogP) is 3.72. The molecule has 2 amide bonds. The minimum absolute atomic E-state index is 0.0525. The largest absolute Gasteiger partial charge is 0.497 e. The lowest BCUT2D eigenvalue weighted by Crippen LogP contribution is -2.53. The first-order chi connectivity index (χ1) is 16.5. The first kappa shape index (κ1) is 24.2. The predicted molar refractivity (Wildman–Crippen MR) is 130 cm³/mol. The fourth-order valence-corrected chi connectivity index (χ4v) is 4.89. The number of rotatable bonds is 8. The summed E-state index contributed by atoms with van der Waals surface area (Å²) in [6, 6.07) is 14.1. The number of methoxy groups -OCH3 is 1. The number of benzene rings is 2. The monoisotopic (exact) mass is 466 g/mol. The molecule has 0 radical (unpaired) electrons. The molecule has 0 aromatic heterocycles. The Morgan fingerprint density at radius 3 is 2.50 bits per heavy atom. The Bertz CT molecular complexity index is 954. The number of nitrogens with one attached hydrogen (secondary N) is 1. The van der Waals surface area contributed by atoms with Crippen LogP contribution in [0.25, 0.3) is 0 Å². The van der Waals surface area contributed by atoms with E-state index in [1.807, 2.05) is 29.2 Å². The summed E-state index contributed by atoms with van der Waals surface area (Å²) < 4.78 is 10.6. The van der Waals surface area contributed by atoms with E-state index >= 15 is 0 Å². The molecule has 182 valence electrons. The van der Waals surface area contributed by atoms with Gasteiger partial charge < -0.3 is 24.8 Å². The van der Waals surface area contributed by atoms with Crippen molar-refractivity contribution < 1.29 is 24.2 Å². The fraction of sp³-hybridized carbons (Fsp3) is 0.481. The molecule has 7 heteroatoms. The van der Waals surface area contributed by atoms with Gasteiger partial charge in [-0.25, -0.2) is 0 Å². The van der Waals surface area contributed by atoms with E-state index in [1.165, 1.54) is 19.3 Å². The number of hydrogen-bond donors (Lipinski definition) is 2. The number of carbonyl (C=O) groups is 2. The van der Waals surface area contributed by atoms with E-state index in [2.05, 4.69) is 5.32 Å². The van der Waals surface area contributed by atoms with Gasteiger partial charge in [-0.3, -0.25) is 9.59 Å². The van der Waals surface area contributed by atoms with Crippen LogP contribution in [-0.4, -0.2) is 54.7 Å². The van der Waals surface area contributed by atoms with Gasteiger partial charge in [0.2, 0.25) is 11.8 Å². The topological polar surface area (TPSA) is 88.1 Å². The third kappa shape index (κ3) is 6.15. The molecule has 2 aromatic rings. The Balaban J connectivity index is 1.36.